The number of benzene rings is 1. The Bertz CT molecular complexity index is 296. The highest BCUT2D eigenvalue weighted by atomic mass is 16.6. The van der Waals surface area contributed by atoms with Crippen molar-refractivity contribution in [2.45, 2.75) is 6.92 Å². The van der Waals surface area contributed by atoms with Crippen molar-refractivity contribution in [3.63, 3.8) is 0 Å². The summed E-state index contributed by atoms with van der Waals surface area (Å²) in [4.78, 5) is 9.88. The molecular formula is C7H8N2O2. The van der Waals surface area contributed by atoms with Gasteiger partial charge in [-0.05, 0) is 19.1 Å². The third-order valence-corrected chi connectivity index (χ3v) is 1.42. The second kappa shape index (κ2) is 2.57. The fraction of sp³-hybridized carbons (Fsp3) is 0.143. The van der Waals surface area contributed by atoms with Crippen molar-refractivity contribution in [2.75, 3.05) is 5.73 Å². The molecule has 4 nitrogen and oxygen atoms in total. The molecule has 11 heavy (non-hydrogen) atoms. The minimum atomic E-state index is -0.422. The number of nitrogen functional groups attached to an aromatic ring is 1. The molecule has 0 aromatic heterocycles. The molecule has 0 unspecified atom stereocenters. The average molecular weight is 152 g/mol. The molecule has 0 fully saturated rings. The second-order valence-corrected chi connectivity index (χ2v) is 2.30. The zero-order valence-electron chi connectivity index (χ0n) is 6.07. The van der Waals surface area contributed by atoms with E-state index in [1.165, 1.54) is 12.1 Å². The van der Waals surface area contributed by atoms with E-state index < -0.39 is 4.92 Å². The Hall–Kier alpha value is -1.58. The van der Waals surface area contributed by atoms with Gasteiger partial charge in [-0.1, -0.05) is 0 Å². The average Bonchev–Trinajstić information content (AvgIpc) is 1.85. The van der Waals surface area contributed by atoms with Crippen LogP contribution in [-0.2, 0) is 0 Å². The molecule has 0 aliphatic heterocycles. The second-order valence-electron chi connectivity index (χ2n) is 2.30. The summed E-state index contributed by atoms with van der Waals surface area (Å²) < 4.78 is 0. The fourth-order valence-electron chi connectivity index (χ4n) is 0.884. The van der Waals surface area contributed by atoms with Gasteiger partial charge in [-0.3, -0.25) is 10.1 Å². The molecule has 0 heterocycles. The molecule has 0 bridgehead atoms. The highest BCUT2D eigenvalue weighted by molar-refractivity contribution is 5.50. The van der Waals surface area contributed by atoms with E-state index in [0.29, 0.717) is 11.3 Å². The predicted molar refractivity (Wildman–Crippen MR) is 42.2 cm³/mol. The first kappa shape index (κ1) is 7.53. The van der Waals surface area contributed by atoms with Gasteiger partial charge in [-0.2, -0.15) is 0 Å². The molecule has 0 atom stereocenters. The van der Waals surface area contributed by atoms with Crippen LogP contribution in [0.2, 0.25) is 0 Å². The lowest BCUT2D eigenvalue weighted by Crippen LogP contribution is -1.93. The van der Waals surface area contributed by atoms with E-state index in [1.807, 2.05) is 0 Å². The Balaban J connectivity index is 3.20. The standard InChI is InChI=1S/C7H8N2O2/c1-5-4-6(8)2-3-7(5)9(10)11/h2-4H,8H2,1H3. The Morgan fingerprint density at radius 1 is 1.55 bits per heavy atom. The van der Waals surface area contributed by atoms with Crippen molar-refractivity contribution < 1.29 is 4.92 Å². The van der Waals surface area contributed by atoms with Crippen molar-refractivity contribution in [2.24, 2.45) is 0 Å². The molecule has 0 spiro atoms. The summed E-state index contributed by atoms with van der Waals surface area (Å²) in [5.41, 5.74) is 6.66. The Morgan fingerprint density at radius 2 is 2.18 bits per heavy atom. The van der Waals surface area contributed by atoms with Crippen molar-refractivity contribution in [1.29, 1.82) is 0 Å². The monoisotopic (exact) mass is 152 g/mol. The number of nitro groups is 1. The maximum atomic E-state index is 10.3. The van der Waals surface area contributed by atoms with Crippen LogP contribution in [0.1, 0.15) is 5.56 Å². The molecule has 0 aliphatic carbocycles. The van der Waals surface area contributed by atoms with E-state index in [1.54, 1.807) is 13.0 Å². The molecule has 0 aliphatic rings. The molecule has 0 radical (unpaired) electrons. The van der Waals surface area contributed by atoms with Gasteiger partial charge < -0.3 is 5.73 Å². The quantitative estimate of drug-likeness (QED) is 0.376. The zero-order chi connectivity index (χ0) is 8.43. The minimum absolute atomic E-state index is 0.110. The predicted octanol–water partition coefficient (Wildman–Crippen LogP) is 1.49. The number of nitrogens with two attached hydrogens (primary N) is 1. The van der Waals surface area contributed by atoms with Crippen molar-refractivity contribution in [3.05, 3.63) is 33.9 Å². The van der Waals surface area contributed by atoms with Crippen LogP contribution in [0.25, 0.3) is 0 Å². The van der Waals surface area contributed by atoms with E-state index >= 15 is 0 Å². The normalized spacial score (nSPS) is 9.55. The molecule has 4 heteroatoms. The van der Waals surface area contributed by atoms with E-state index in [4.69, 9.17) is 5.73 Å². The van der Waals surface area contributed by atoms with Crippen LogP contribution >= 0.6 is 0 Å². The lowest BCUT2D eigenvalue weighted by Gasteiger charge is -1.96. The van der Waals surface area contributed by atoms with Crippen LogP contribution in [0.5, 0.6) is 0 Å². The summed E-state index contributed by atoms with van der Waals surface area (Å²) in [7, 11) is 0. The van der Waals surface area contributed by atoms with Gasteiger partial charge in [-0.15, -0.1) is 0 Å². The first-order valence-corrected chi connectivity index (χ1v) is 3.12. The summed E-state index contributed by atoms with van der Waals surface area (Å²) in [6.07, 6.45) is 0. The fourth-order valence-corrected chi connectivity index (χ4v) is 0.884. The number of nitro benzene ring substituents is 1. The van der Waals surface area contributed by atoms with Gasteiger partial charge in [0.25, 0.3) is 5.69 Å². The molecule has 0 saturated heterocycles. The van der Waals surface area contributed by atoms with Gasteiger partial charge in [0, 0.05) is 17.3 Å². The van der Waals surface area contributed by atoms with Crippen LogP contribution in [0, 0.1) is 17.0 Å². The Kier molecular flexibility index (Phi) is 1.76. The number of aryl methyl sites for hydroxylation is 1. The van der Waals surface area contributed by atoms with Crippen LogP contribution in [0.3, 0.4) is 0 Å². The maximum absolute atomic E-state index is 10.3. The molecule has 1 aromatic carbocycles. The highest BCUT2D eigenvalue weighted by Gasteiger charge is 2.08. The summed E-state index contributed by atoms with van der Waals surface area (Å²) in [6, 6.07) is 4.51. The smallest absolute Gasteiger partial charge is 0.272 e. The van der Waals surface area contributed by atoms with Crippen LogP contribution in [-0.4, -0.2) is 4.92 Å². The van der Waals surface area contributed by atoms with E-state index in [2.05, 4.69) is 0 Å². The number of hydrogen-bond donors (Lipinski definition) is 1. The molecular weight excluding hydrogens is 144 g/mol. The molecule has 1 rings (SSSR count). The number of nitrogens with zero attached hydrogens (tertiary/aromatic N) is 1. The van der Waals surface area contributed by atoms with Gasteiger partial charge >= 0.3 is 0 Å². The largest absolute Gasteiger partial charge is 0.399 e. The summed E-state index contributed by atoms with van der Waals surface area (Å²) in [6.45, 7) is 1.66. The highest BCUT2D eigenvalue weighted by Crippen LogP contribution is 2.19. The zero-order valence-corrected chi connectivity index (χ0v) is 6.07. The molecule has 0 saturated carbocycles. The van der Waals surface area contributed by atoms with Crippen LogP contribution in [0.4, 0.5) is 11.4 Å². The van der Waals surface area contributed by atoms with Gasteiger partial charge in [0.1, 0.15) is 0 Å². The minimum Gasteiger partial charge on any atom is -0.399 e. The number of hydrogen-bond acceptors (Lipinski definition) is 3. The lowest BCUT2D eigenvalue weighted by atomic mass is 10.2. The summed E-state index contributed by atoms with van der Waals surface area (Å²) in [5.74, 6) is 0. The van der Waals surface area contributed by atoms with E-state index in [9.17, 15) is 10.1 Å². The van der Waals surface area contributed by atoms with E-state index in [0.717, 1.165) is 0 Å². The summed E-state index contributed by atoms with van der Waals surface area (Å²) >= 11 is 0. The summed E-state index contributed by atoms with van der Waals surface area (Å²) in [5, 5.41) is 10.3. The SMILES string of the molecule is Cc1cc(N)ccc1[N+](=O)[O-]. The van der Waals surface area contributed by atoms with Gasteiger partial charge in [-0.25, -0.2) is 0 Å². The van der Waals surface area contributed by atoms with Gasteiger partial charge in [0.05, 0.1) is 4.92 Å². The molecule has 0 amide bonds. The van der Waals surface area contributed by atoms with E-state index in [-0.39, 0.29) is 5.69 Å². The maximum Gasteiger partial charge on any atom is 0.272 e. The molecule has 2 N–H and O–H groups in total. The van der Waals surface area contributed by atoms with Gasteiger partial charge in [0.15, 0.2) is 0 Å². The topological polar surface area (TPSA) is 69.2 Å². The Labute approximate surface area is 63.8 Å². The molecule has 1 aromatic rings. The van der Waals surface area contributed by atoms with Gasteiger partial charge in [0.2, 0.25) is 0 Å². The number of rotatable bonds is 1. The van der Waals surface area contributed by atoms with Crippen molar-refractivity contribution in [3.8, 4) is 0 Å². The third-order valence-electron chi connectivity index (χ3n) is 1.42. The third kappa shape index (κ3) is 1.46. The first-order valence-electron chi connectivity index (χ1n) is 3.12. The van der Waals surface area contributed by atoms with Crippen LogP contribution in [0.15, 0.2) is 18.2 Å². The van der Waals surface area contributed by atoms with Crippen molar-refractivity contribution >= 4 is 11.4 Å². The first-order chi connectivity index (χ1) is 5.11. The molecule has 58 valence electrons. The lowest BCUT2D eigenvalue weighted by molar-refractivity contribution is -0.385. The van der Waals surface area contributed by atoms with Crippen LogP contribution < -0.4 is 5.73 Å². The Morgan fingerprint density at radius 3 is 2.64 bits per heavy atom. The van der Waals surface area contributed by atoms with Crippen molar-refractivity contribution in [1.82, 2.24) is 0 Å². The number of anilines is 1.